The van der Waals surface area contributed by atoms with E-state index < -0.39 is 11.7 Å². The van der Waals surface area contributed by atoms with Crippen LogP contribution in [0, 0.1) is 0 Å². The van der Waals surface area contributed by atoms with Crippen LogP contribution in [0.25, 0.3) is 0 Å². The van der Waals surface area contributed by atoms with Gasteiger partial charge in [-0.3, -0.25) is 0 Å². The Balaban J connectivity index is 3.19. The molecule has 5 heteroatoms. The molecule has 0 spiro atoms. The number of rotatable bonds is 2. The van der Waals surface area contributed by atoms with Crippen LogP contribution in [-0.2, 0) is 12.6 Å². The molecule has 0 saturated carbocycles. The van der Waals surface area contributed by atoms with E-state index in [0.29, 0.717) is 12.0 Å². The van der Waals surface area contributed by atoms with Crippen LogP contribution in [0.4, 0.5) is 13.2 Å². The Morgan fingerprint density at radius 1 is 1.13 bits per heavy atom. The highest BCUT2D eigenvalue weighted by Crippen LogP contribution is 2.36. The molecule has 0 aliphatic carbocycles. The van der Waals surface area contributed by atoms with Crippen LogP contribution in [0.1, 0.15) is 24.5 Å². The van der Waals surface area contributed by atoms with E-state index in [0.717, 1.165) is 18.6 Å². The van der Waals surface area contributed by atoms with Crippen molar-refractivity contribution >= 4 is 23.2 Å². The SMILES string of the molecule is CCCc1c(Cl)cc(C(F)(F)F)cc1Cl. The van der Waals surface area contributed by atoms with Gasteiger partial charge in [-0.25, -0.2) is 0 Å². The number of hydrogen-bond donors (Lipinski definition) is 0. The summed E-state index contributed by atoms with van der Waals surface area (Å²) in [5.74, 6) is 0. The van der Waals surface area contributed by atoms with Gasteiger partial charge < -0.3 is 0 Å². The zero-order chi connectivity index (χ0) is 11.6. The van der Waals surface area contributed by atoms with Crippen LogP contribution < -0.4 is 0 Å². The summed E-state index contributed by atoms with van der Waals surface area (Å²) in [6, 6.07) is 1.83. The minimum atomic E-state index is -4.40. The van der Waals surface area contributed by atoms with Crippen LogP contribution in [-0.4, -0.2) is 0 Å². The Kier molecular flexibility index (Phi) is 3.90. The van der Waals surface area contributed by atoms with Crippen LogP contribution >= 0.6 is 23.2 Å². The molecular formula is C10H9Cl2F3. The van der Waals surface area contributed by atoms with Crippen LogP contribution in [0.15, 0.2) is 12.1 Å². The number of benzene rings is 1. The zero-order valence-electron chi connectivity index (χ0n) is 7.96. The van der Waals surface area contributed by atoms with Gasteiger partial charge in [-0.05, 0) is 24.1 Å². The van der Waals surface area contributed by atoms with Gasteiger partial charge in [0.15, 0.2) is 0 Å². The van der Waals surface area contributed by atoms with Gasteiger partial charge in [-0.15, -0.1) is 0 Å². The minimum absolute atomic E-state index is 0.0803. The van der Waals surface area contributed by atoms with Crippen molar-refractivity contribution in [1.29, 1.82) is 0 Å². The molecule has 0 aromatic heterocycles. The predicted molar refractivity (Wildman–Crippen MR) is 55.5 cm³/mol. The maximum atomic E-state index is 12.3. The highest BCUT2D eigenvalue weighted by Gasteiger charge is 2.31. The summed E-state index contributed by atoms with van der Waals surface area (Å²) in [6.07, 6.45) is -3.04. The fourth-order valence-electron chi connectivity index (χ4n) is 1.26. The van der Waals surface area contributed by atoms with Crippen molar-refractivity contribution in [2.45, 2.75) is 25.9 Å². The third-order valence-electron chi connectivity index (χ3n) is 1.97. The standard InChI is InChI=1S/C10H9Cl2F3/c1-2-3-7-8(11)4-6(5-9(7)12)10(13,14)15/h4-5H,2-3H2,1H3. The van der Waals surface area contributed by atoms with E-state index in [1.54, 1.807) is 0 Å². The van der Waals surface area contributed by atoms with Crippen molar-refractivity contribution in [3.8, 4) is 0 Å². The predicted octanol–water partition coefficient (Wildman–Crippen LogP) is 4.96. The first-order chi connectivity index (χ1) is 6.86. The second-order valence-electron chi connectivity index (χ2n) is 3.17. The number of halogens is 5. The lowest BCUT2D eigenvalue weighted by Crippen LogP contribution is -2.05. The Morgan fingerprint density at radius 3 is 1.93 bits per heavy atom. The van der Waals surface area contributed by atoms with Crippen molar-refractivity contribution in [2.24, 2.45) is 0 Å². The van der Waals surface area contributed by atoms with Crippen molar-refractivity contribution < 1.29 is 13.2 Å². The van der Waals surface area contributed by atoms with Gasteiger partial charge in [0.2, 0.25) is 0 Å². The first-order valence-electron chi connectivity index (χ1n) is 4.41. The fraction of sp³-hybridized carbons (Fsp3) is 0.400. The molecule has 0 amide bonds. The van der Waals surface area contributed by atoms with E-state index in [1.165, 1.54) is 0 Å². The highest BCUT2D eigenvalue weighted by atomic mass is 35.5. The largest absolute Gasteiger partial charge is 0.416 e. The Labute approximate surface area is 96.0 Å². The molecule has 0 fully saturated rings. The molecular weight excluding hydrogens is 248 g/mol. The average molecular weight is 257 g/mol. The topological polar surface area (TPSA) is 0 Å². The normalized spacial score (nSPS) is 11.9. The molecule has 84 valence electrons. The first kappa shape index (κ1) is 12.7. The summed E-state index contributed by atoms with van der Waals surface area (Å²) >= 11 is 11.5. The molecule has 1 aromatic carbocycles. The molecule has 0 aliphatic heterocycles. The van der Waals surface area contributed by atoms with Crippen molar-refractivity contribution in [3.05, 3.63) is 33.3 Å². The summed E-state index contributed by atoms with van der Waals surface area (Å²) in [6.45, 7) is 1.91. The quantitative estimate of drug-likeness (QED) is 0.702. The summed E-state index contributed by atoms with van der Waals surface area (Å²) in [5, 5.41) is 0.161. The fourth-order valence-corrected chi connectivity index (χ4v) is 1.93. The molecule has 0 atom stereocenters. The molecule has 0 aliphatic rings. The summed E-state index contributed by atoms with van der Waals surface area (Å²) in [7, 11) is 0. The lowest BCUT2D eigenvalue weighted by atomic mass is 10.1. The smallest absolute Gasteiger partial charge is 0.166 e. The van der Waals surface area contributed by atoms with Gasteiger partial charge in [0.05, 0.1) is 5.56 Å². The molecule has 0 N–H and O–H groups in total. The van der Waals surface area contributed by atoms with E-state index >= 15 is 0 Å². The molecule has 1 rings (SSSR count). The van der Waals surface area contributed by atoms with Crippen LogP contribution in [0.3, 0.4) is 0 Å². The zero-order valence-corrected chi connectivity index (χ0v) is 9.47. The lowest BCUT2D eigenvalue weighted by Gasteiger charge is -2.11. The Hall–Kier alpha value is -0.410. The van der Waals surface area contributed by atoms with E-state index in [1.807, 2.05) is 6.92 Å². The third kappa shape index (κ3) is 3.02. The lowest BCUT2D eigenvalue weighted by molar-refractivity contribution is -0.137. The Morgan fingerprint density at radius 2 is 1.60 bits per heavy atom. The van der Waals surface area contributed by atoms with Gasteiger partial charge >= 0.3 is 6.18 Å². The molecule has 0 radical (unpaired) electrons. The second-order valence-corrected chi connectivity index (χ2v) is 3.98. The number of hydrogen-bond acceptors (Lipinski definition) is 0. The maximum Gasteiger partial charge on any atom is 0.416 e. The second kappa shape index (κ2) is 4.62. The van der Waals surface area contributed by atoms with Gasteiger partial charge in [0.1, 0.15) is 0 Å². The summed E-state index contributed by atoms with van der Waals surface area (Å²) < 4.78 is 37.0. The van der Waals surface area contributed by atoms with E-state index in [9.17, 15) is 13.2 Å². The van der Waals surface area contributed by atoms with Crippen molar-refractivity contribution in [1.82, 2.24) is 0 Å². The van der Waals surface area contributed by atoms with Gasteiger partial charge in [0, 0.05) is 10.0 Å². The molecule has 0 nitrogen and oxygen atoms in total. The molecule has 0 unspecified atom stereocenters. The first-order valence-corrected chi connectivity index (χ1v) is 5.17. The maximum absolute atomic E-state index is 12.3. The van der Waals surface area contributed by atoms with Gasteiger partial charge in [0.25, 0.3) is 0 Å². The molecule has 1 aromatic rings. The summed E-state index contributed by atoms with van der Waals surface area (Å²) in [5.41, 5.74) is -0.230. The van der Waals surface area contributed by atoms with Gasteiger partial charge in [-0.2, -0.15) is 13.2 Å². The molecule has 15 heavy (non-hydrogen) atoms. The monoisotopic (exact) mass is 256 g/mol. The Bertz CT molecular complexity index is 335. The molecule has 0 heterocycles. The third-order valence-corrected chi connectivity index (χ3v) is 2.64. The van der Waals surface area contributed by atoms with Gasteiger partial charge in [-0.1, -0.05) is 36.5 Å². The average Bonchev–Trinajstić information content (AvgIpc) is 2.09. The van der Waals surface area contributed by atoms with E-state index in [2.05, 4.69) is 0 Å². The number of alkyl halides is 3. The summed E-state index contributed by atoms with van der Waals surface area (Å²) in [4.78, 5) is 0. The van der Waals surface area contributed by atoms with Crippen molar-refractivity contribution in [2.75, 3.05) is 0 Å². The van der Waals surface area contributed by atoms with E-state index in [-0.39, 0.29) is 10.0 Å². The molecule has 0 saturated heterocycles. The van der Waals surface area contributed by atoms with Crippen molar-refractivity contribution in [3.63, 3.8) is 0 Å². The minimum Gasteiger partial charge on any atom is -0.166 e. The van der Waals surface area contributed by atoms with Crippen LogP contribution in [0.5, 0.6) is 0 Å². The highest BCUT2D eigenvalue weighted by molar-refractivity contribution is 6.36. The van der Waals surface area contributed by atoms with Crippen LogP contribution in [0.2, 0.25) is 10.0 Å². The molecule has 0 bridgehead atoms. The van der Waals surface area contributed by atoms with E-state index in [4.69, 9.17) is 23.2 Å².